The summed E-state index contributed by atoms with van der Waals surface area (Å²) in [5, 5.41) is 16.7. The average molecular weight is 150 g/mol. The molecule has 0 N–H and O–H groups in total. The summed E-state index contributed by atoms with van der Waals surface area (Å²) in [7, 11) is 0. The lowest BCUT2D eigenvalue weighted by Crippen LogP contribution is -2.10. The van der Waals surface area contributed by atoms with E-state index >= 15 is 0 Å². The van der Waals surface area contributed by atoms with Crippen molar-refractivity contribution in [3.63, 3.8) is 0 Å². The third kappa shape index (κ3) is 3.37. The number of rotatable bonds is 3. The van der Waals surface area contributed by atoms with Crippen LogP contribution in [0.5, 0.6) is 0 Å². The van der Waals surface area contributed by atoms with E-state index in [1.807, 2.05) is 12.1 Å². The molecule has 0 amide bonds. The first-order chi connectivity index (χ1) is 5.11. The second-order valence-electron chi connectivity index (χ2n) is 2.56. The number of nitrogens with zero attached hydrogens (tertiary/aromatic N) is 2. The Hall–Kier alpha value is -1.35. The van der Waals surface area contributed by atoms with Gasteiger partial charge in [-0.05, 0) is 13.3 Å². The van der Waals surface area contributed by atoms with Crippen LogP contribution in [0.1, 0.15) is 20.3 Å². The summed E-state index contributed by atoms with van der Waals surface area (Å²) in [6, 6.07) is 3.65. The normalized spacial score (nSPS) is 11.7. The number of carbonyl (C=O) groups excluding carboxylic acids is 1. The Labute approximate surface area is 66.2 Å². The summed E-state index contributed by atoms with van der Waals surface area (Å²) < 4.78 is 0. The predicted molar refractivity (Wildman–Crippen MR) is 39.2 cm³/mol. The van der Waals surface area contributed by atoms with Crippen LogP contribution in [0.3, 0.4) is 0 Å². The summed E-state index contributed by atoms with van der Waals surface area (Å²) >= 11 is 0. The molecule has 3 heteroatoms. The van der Waals surface area contributed by atoms with Gasteiger partial charge in [0.25, 0.3) is 0 Å². The Kier molecular flexibility index (Phi) is 3.92. The van der Waals surface area contributed by atoms with Crippen molar-refractivity contribution in [2.45, 2.75) is 20.3 Å². The maximum atomic E-state index is 10.7. The molecule has 0 rings (SSSR count). The van der Waals surface area contributed by atoms with Gasteiger partial charge in [0.1, 0.15) is 11.7 Å². The van der Waals surface area contributed by atoms with Gasteiger partial charge in [-0.25, -0.2) is 0 Å². The van der Waals surface area contributed by atoms with Gasteiger partial charge in [-0.2, -0.15) is 10.5 Å². The van der Waals surface area contributed by atoms with E-state index in [0.717, 1.165) is 0 Å². The van der Waals surface area contributed by atoms with Crippen molar-refractivity contribution < 1.29 is 4.79 Å². The lowest BCUT2D eigenvalue weighted by molar-refractivity contribution is -0.120. The first-order valence-electron chi connectivity index (χ1n) is 3.41. The number of nitriles is 2. The fourth-order valence-corrected chi connectivity index (χ4v) is 0.654. The molecule has 0 aromatic carbocycles. The minimum Gasteiger partial charge on any atom is -0.300 e. The molecule has 1 atom stereocenters. The highest BCUT2D eigenvalue weighted by Gasteiger charge is 2.14. The first kappa shape index (κ1) is 9.65. The minimum absolute atomic E-state index is 0.0282. The van der Waals surface area contributed by atoms with Gasteiger partial charge in [0.15, 0.2) is 0 Å². The predicted octanol–water partition coefficient (Wildman–Crippen LogP) is 1.26. The van der Waals surface area contributed by atoms with Gasteiger partial charge in [-0.3, -0.25) is 4.79 Å². The van der Waals surface area contributed by atoms with Crippen LogP contribution in [0.25, 0.3) is 0 Å². The third-order valence-corrected chi connectivity index (χ3v) is 1.59. The molecule has 0 aliphatic rings. The zero-order chi connectivity index (χ0) is 8.85. The Balaban J connectivity index is 3.97. The fraction of sp³-hybridized carbons (Fsp3) is 0.625. The molecular weight excluding hydrogens is 140 g/mol. The lowest BCUT2D eigenvalue weighted by atomic mass is 9.95. The molecule has 58 valence electrons. The summed E-state index contributed by atoms with van der Waals surface area (Å²) in [6.45, 7) is 3.19. The molecule has 3 nitrogen and oxygen atoms in total. The molecule has 11 heavy (non-hydrogen) atoms. The van der Waals surface area contributed by atoms with Crippen LogP contribution >= 0.6 is 0 Å². The molecular formula is C8H10N2O. The standard InChI is InChI=1S/C8H10N2O/c1-6(7(2)11)3-8(4-9)5-10/h6,8H,3H2,1-2H3. The van der Waals surface area contributed by atoms with Crippen LogP contribution in [0.4, 0.5) is 0 Å². The molecule has 0 saturated heterocycles. The van der Waals surface area contributed by atoms with E-state index in [2.05, 4.69) is 0 Å². The van der Waals surface area contributed by atoms with E-state index in [1.54, 1.807) is 6.92 Å². The molecule has 1 unspecified atom stereocenters. The van der Waals surface area contributed by atoms with Gasteiger partial charge in [-0.15, -0.1) is 0 Å². The minimum atomic E-state index is -0.645. The van der Waals surface area contributed by atoms with E-state index in [4.69, 9.17) is 10.5 Å². The fourth-order valence-electron chi connectivity index (χ4n) is 0.654. The molecule has 0 bridgehead atoms. The Morgan fingerprint density at radius 3 is 2.18 bits per heavy atom. The maximum Gasteiger partial charge on any atom is 0.134 e. The molecule has 0 aromatic rings. The average Bonchev–Trinajstić information content (AvgIpc) is 1.99. The van der Waals surface area contributed by atoms with Crippen molar-refractivity contribution in [1.82, 2.24) is 0 Å². The van der Waals surface area contributed by atoms with Gasteiger partial charge in [0, 0.05) is 5.92 Å². The van der Waals surface area contributed by atoms with Crippen LogP contribution in [0, 0.1) is 34.5 Å². The van der Waals surface area contributed by atoms with Crippen LogP contribution in [0.2, 0.25) is 0 Å². The third-order valence-electron chi connectivity index (χ3n) is 1.59. The summed E-state index contributed by atoms with van der Waals surface area (Å²) in [5.41, 5.74) is 0. The van der Waals surface area contributed by atoms with Gasteiger partial charge in [-0.1, -0.05) is 6.92 Å². The molecule has 0 spiro atoms. The number of hydrogen-bond acceptors (Lipinski definition) is 3. The lowest BCUT2D eigenvalue weighted by Gasteiger charge is -2.05. The quantitative estimate of drug-likeness (QED) is 0.608. The second kappa shape index (κ2) is 4.46. The van der Waals surface area contributed by atoms with Gasteiger partial charge < -0.3 is 0 Å². The highest BCUT2D eigenvalue weighted by molar-refractivity contribution is 5.77. The Morgan fingerprint density at radius 1 is 1.45 bits per heavy atom. The zero-order valence-corrected chi connectivity index (χ0v) is 6.66. The largest absolute Gasteiger partial charge is 0.300 e. The second-order valence-corrected chi connectivity index (χ2v) is 2.56. The van der Waals surface area contributed by atoms with Crippen LogP contribution in [-0.4, -0.2) is 5.78 Å². The van der Waals surface area contributed by atoms with Crippen molar-refractivity contribution in [1.29, 1.82) is 10.5 Å². The van der Waals surface area contributed by atoms with Crippen molar-refractivity contribution in [3.8, 4) is 12.1 Å². The number of Topliss-reactive ketones (excluding diaryl/α,β-unsaturated/α-hetero) is 1. The van der Waals surface area contributed by atoms with Crippen molar-refractivity contribution >= 4 is 5.78 Å². The van der Waals surface area contributed by atoms with E-state index < -0.39 is 5.92 Å². The Morgan fingerprint density at radius 2 is 1.91 bits per heavy atom. The van der Waals surface area contributed by atoms with E-state index in [-0.39, 0.29) is 11.7 Å². The molecule has 0 fully saturated rings. The van der Waals surface area contributed by atoms with Gasteiger partial charge in [0.05, 0.1) is 12.1 Å². The Bertz CT molecular complexity index is 207. The molecule has 0 aliphatic heterocycles. The smallest absolute Gasteiger partial charge is 0.134 e. The van der Waals surface area contributed by atoms with Crippen LogP contribution in [-0.2, 0) is 4.79 Å². The monoisotopic (exact) mass is 150 g/mol. The van der Waals surface area contributed by atoms with Crippen molar-refractivity contribution in [2.24, 2.45) is 11.8 Å². The topological polar surface area (TPSA) is 64.7 Å². The molecule has 0 radical (unpaired) electrons. The molecule has 0 saturated carbocycles. The van der Waals surface area contributed by atoms with Gasteiger partial charge in [0.2, 0.25) is 0 Å². The highest BCUT2D eigenvalue weighted by Crippen LogP contribution is 2.10. The van der Waals surface area contributed by atoms with E-state index in [9.17, 15) is 4.79 Å². The SMILES string of the molecule is CC(=O)C(C)CC(C#N)C#N. The first-order valence-corrected chi connectivity index (χ1v) is 3.41. The summed E-state index contributed by atoms with van der Waals surface area (Å²) in [4.78, 5) is 10.7. The summed E-state index contributed by atoms with van der Waals surface area (Å²) in [5.74, 6) is -0.798. The molecule has 0 aliphatic carbocycles. The summed E-state index contributed by atoms with van der Waals surface area (Å²) in [6.07, 6.45) is 0.350. The van der Waals surface area contributed by atoms with E-state index in [1.165, 1.54) is 6.92 Å². The maximum absolute atomic E-state index is 10.7. The van der Waals surface area contributed by atoms with Crippen LogP contribution < -0.4 is 0 Å². The van der Waals surface area contributed by atoms with E-state index in [0.29, 0.717) is 6.42 Å². The van der Waals surface area contributed by atoms with Gasteiger partial charge >= 0.3 is 0 Å². The van der Waals surface area contributed by atoms with Crippen LogP contribution in [0.15, 0.2) is 0 Å². The number of ketones is 1. The van der Waals surface area contributed by atoms with Crippen molar-refractivity contribution in [2.75, 3.05) is 0 Å². The zero-order valence-electron chi connectivity index (χ0n) is 6.66. The molecule has 0 aromatic heterocycles. The highest BCUT2D eigenvalue weighted by atomic mass is 16.1. The number of carbonyl (C=O) groups is 1. The van der Waals surface area contributed by atoms with Crippen molar-refractivity contribution in [3.05, 3.63) is 0 Å². The molecule has 0 heterocycles. The number of hydrogen-bond donors (Lipinski definition) is 0.